The fourth-order valence-electron chi connectivity index (χ4n) is 0. The first-order valence-electron chi connectivity index (χ1n) is 2.72. The molecule has 80 valence electrons. The molecule has 0 atom stereocenters. The van der Waals surface area contributed by atoms with Crippen molar-refractivity contribution in [3.05, 3.63) is 0 Å². The highest BCUT2D eigenvalue weighted by Gasteiger charge is 1.47. The minimum Gasteiger partial charge on any atom is -0.550 e. The molecule has 0 radical (unpaired) electrons. The van der Waals surface area contributed by atoms with Gasteiger partial charge in [-0.05, 0) is 20.8 Å². The smallest absolute Gasteiger partial charge is 0.0383 e. The van der Waals surface area contributed by atoms with Crippen molar-refractivity contribution in [2.45, 2.75) is 28.2 Å². The van der Waals surface area contributed by atoms with Gasteiger partial charge in [-0.3, -0.25) is 0 Å². The fraction of sp³-hybridized carbons (Fsp3) is 0.571. The number of carbonyl (C=O) groups excluding carboxylic acids is 3. The second kappa shape index (κ2) is 16.8. The van der Waals surface area contributed by atoms with Crippen LogP contribution in [0.4, 0.5) is 0 Å². The minimum atomic E-state index is -1.08. The van der Waals surface area contributed by atoms with Crippen molar-refractivity contribution in [2.75, 3.05) is 0 Å². The average molecular weight is 193 g/mol. The minimum absolute atomic E-state index is 0. The second-order valence-corrected chi connectivity index (χ2v) is 1.47. The topological polar surface area (TPSA) is 120 Å². The van der Waals surface area contributed by atoms with E-state index in [1.165, 1.54) is 0 Å². The van der Waals surface area contributed by atoms with Gasteiger partial charge in [0.2, 0.25) is 0 Å². The summed E-state index contributed by atoms with van der Waals surface area (Å²) in [6, 6.07) is 0. The zero-order valence-corrected chi connectivity index (χ0v) is 6.95. The zero-order chi connectivity index (χ0) is 10.7. The summed E-state index contributed by atoms with van der Waals surface area (Å²) in [4.78, 5) is 26.7. The number of carbonyl (C=O) groups is 3. The van der Waals surface area contributed by atoms with Crippen molar-refractivity contribution in [3.8, 4) is 0 Å². The van der Waals surface area contributed by atoms with Crippen molar-refractivity contribution in [3.63, 3.8) is 0 Å². The number of aliphatic carboxylic acids is 3. The SMILES string of the molecule is C.CC(=O)[O-].CC(=O)[O-].CC(=O)[O-]. The van der Waals surface area contributed by atoms with Crippen molar-refractivity contribution >= 4 is 17.9 Å². The highest BCUT2D eigenvalue weighted by atomic mass is 16.4. The van der Waals surface area contributed by atoms with E-state index in [4.69, 9.17) is 29.7 Å². The monoisotopic (exact) mass is 193 g/mol. The lowest BCUT2D eigenvalue weighted by Gasteiger charge is -1.77. The van der Waals surface area contributed by atoms with E-state index in [0.29, 0.717) is 0 Å². The lowest BCUT2D eigenvalue weighted by atomic mass is 10.9. The van der Waals surface area contributed by atoms with Gasteiger partial charge in [0.1, 0.15) is 0 Å². The zero-order valence-electron chi connectivity index (χ0n) is 6.95. The van der Waals surface area contributed by atoms with Crippen LogP contribution in [0, 0.1) is 0 Å². The first-order valence-corrected chi connectivity index (χ1v) is 2.72. The standard InChI is InChI=1S/3C2H4O2.CH4/c3*1-2(3)4;/h3*1H3,(H,3,4);1H4/p-3. The maximum atomic E-state index is 8.89. The number of rotatable bonds is 0. The van der Waals surface area contributed by atoms with E-state index in [1.54, 1.807) is 0 Å². The lowest BCUT2D eigenvalue weighted by Crippen LogP contribution is -2.16. The van der Waals surface area contributed by atoms with Gasteiger partial charge in [0.25, 0.3) is 0 Å². The van der Waals surface area contributed by atoms with Crippen LogP contribution in [0.25, 0.3) is 0 Å². The Morgan fingerprint density at radius 1 is 0.692 bits per heavy atom. The molecule has 13 heavy (non-hydrogen) atoms. The van der Waals surface area contributed by atoms with Crippen LogP contribution in [-0.2, 0) is 14.4 Å². The van der Waals surface area contributed by atoms with E-state index >= 15 is 0 Å². The van der Waals surface area contributed by atoms with Crippen molar-refractivity contribution in [2.24, 2.45) is 0 Å². The summed E-state index contributed by atoms with van der Waals surface area (Å²) in [5, 5.41) is 26.7. The van der Waals surface area contributed by atoms with E-state index in [1.807, 2.05) is 0 Å². The van der Waals surface area contributed by atoms with Crippen molar-refractivity contribution in [1.82, 2.24) is 0 Å². The lowest BCUT2D eigenvalue weighted by molar-refractivity contribution is -0.303. The molecule has 0 amide bonds. The van der Waals surface area contributed by atoms with Crippen LogP contribution in [0.15, 0.2) is 0 Å². The Morgan fingerprint density at radius 3 is 0.692 bits per heavy atom. The summed E-state index contributed by atoms with van der Waals surface area (Å²) in [7, 11) is 0. The molecule has 0 spiro atoms. The van der Waals surface area contributed by atoms with E-state index in [2.05, 4.69) is 0 Å². The van der Waals surface area contributed by atoms with Gasteiger partial charge >= 0.3 is 0 Å². The molecular formula is C7H13O6-3. The van der Waals surface area contributed by atoms with E-state index in [-0.39, 0.29) is 7.43 Å². The molecule has 0 saturated carbocycles. The third-order valence-corrected chi connectivity index (χ3v) is 0. The molecule has 0 aliphatic heterocycles. The molecular weight excluding hydrogens is 180 g/mol. The molecule has 0 aromatic heterocycles. The van der Waals surface area contributed by atoms with Crippen molar-refractivity contribution < 1.29 is 29.7 Å². The maximum absolute atomic E-state index is 8.89. The predicted octanol–water partition coefficient (Wildman–Crippen LogP) is -3.10. The van der Waals surface area contributed by atoms with Crippen LogP contribution in [0.1, 0.15) is 28.2 Å². The number of carboxylic acids is 3. The Hall–Kier alpha value is -1.59. The van der Waals surface area contributed by atoms with Gasteiger partial charge in [-0.25, -0.2) is 0 Å². The Balaban J connectivity index is -0.0000000450. The summed E-state index contributed by atoms with van der Waals surface area (Å²) in [5.74, 6) is -3.25. The number of carboxylic acid groups (broad SMARTS) is 3. The third kappa shape index (κ3) is 291. The van der Waals surface area contributed by atoms with Crippen LogP contribution in [0.2, 0.25) is 0 Å². The molecule has 0 aromatic carbocycles. The highest BCUT2D eigenvalue weighted by Crippen LogP contribution is 1.31. The molecule has 0 bridgehead atoms. The van der Waals surface area contributed by atoms with Crippen LogP contribution >= 0.6 is 0 Å². The molecule has 6 nitrogen and oxygen atoms in total. The predicted molar refractivity (Wildman–Crippen MR) is 38.8 cm³/mol. The van der Waals surface area contributed by atoms with Crippen molar-refractivity contribution in [1.29, 1.82) is 0 Å². The quantitative estimate of drug-likeness (QED) is 0.402. The first kappa shape index (κ1) is 22.5. The second-order valence-electron chi connectivity index (χ2n) is 1.47. The summed E-state index contributed by atoms with van der Waals surface area (Å²) < 4.78 is 0. The maximum Gasteiger partial charge on any atom is 0.0383 e. The normalized spacial score (nSPS) is 5.77. The molecule has 0 fully saturated rings. The highest BCUT2D eigenvalue weighted by molar-refractivity contribution is 5.60. The fourth-order valence-corrected chi connectivity index (χ4v) is 0. The molecule has 0 aliphatic carbocycles. The van der Waals surface area contributed by atoms with Gasteiger partial charge in [0.05, 0.1) is 0 Å². The van der Waals surface area contributed by atoms with E-state index in [0.717, 1.165) is 20.8 Å². The van der Waals surface area contributed by atoms with E-state index < -0.39 is 17.9 Å². The summed E-state index contributed by atoms with van der Waals surface area (Å²) >= 11 is 0. The van der Waals surface area contributed by atoms with Crippen LogP contribution < -0.4 is 15.3 Å². The Morgan fingerprint density at radius 2 is 0.692 bits per heavy atom. The van der Waals surface area contributed by atoms with Gasteiger partial charge in [0, 0.05) is 17.9 Å². The number of hydrogen-bond acceptors (Lipinski definition) is 6. The molecule has 0 heterocycles. The Labute approximate surface area is 76.8 Å². The molecule has 0 unspecified atom stereocenters. The Kier molecular flexibility index (Phi) is 29.1. The van der Waals surface area contributed by atoms with Crippen LogP contribution in [0.3, 0.4) is 0 Å². The molecule has 0 saturated heterocycles. The van der Waals surface area contributed by atoms with Gasteiger partial charge < -0.3 is 29.7 Å². The largest absolute Gasteiger partial charge is 0.550 e. The van der Waals surface area contributed by atoms with Gasteiger partial charge in [-0.2, -0.15) is 0 Å². The Bertz CT molecular complexity index is 111. The molecule has 6 heteroatoms. The first-order chi connectivity index (χ1) is 5.20. The van der Waals surface area contributed by atoms with Gasteiger partial charge in [-0.15, -0.1) is 0 Å². The van der Waals surface area contributed by atoms with Crippen LogP contribution in [0.5, 0.6) is 0 Å². The molecule has 0 N–H and O–H groups in total. The summed E-state index contributed by atoms with van der Waals surface area (Å²) in [6.45, 7) is 2.92. The summed E-state index contributed by atoms with van der Waals surface area (Å²) in [5.41, 5.74) is 0. The van der Waals surface area contributed by atoms with Gasteiger partial charge in [-0.1, -0.05) is 7.43 Å². The van der Waals surface area contributed by atoms with Gasteiger partial charge in [0.15, 0.2) is 0 Å². The number of hydrogen-bond donors (Lipinski definition) is 0. The third-order valence-electron chi connectivity index (χ3n) is 0. The molecule has 0 aliphatic rings. The van der Waals surface area contributed by atoms with E-state index in [9.17, 15) is 0 Å². The molecule has 0 aromatic rings. The average Bonchev–Trinajstić information content (AvgIpc) is 1.54. The van der Waals surface area contributed by atoms with Crippen LogP contribution in [-0.4, -0.2) is 17.9 Å². The summed E-state index contributed by atoms with van der Waals surface area (Å²) in [6.07, 6.45) is 0. The molecule has 0 rings (SSSR count).